The number of hydrogen-bond acceptors (Lipinski definition) is 6. The van der Waals surface area contributed by atoms with E-state index in [0.29, 0.717) is 11.6 Å². The van der Waals surface area contributed by atoms with Gasteiger partial charge in [-0.05, 0) is 47.5 Å². The van der Waals surface area contributed by atoms with Crippen LogP contribution in [-0.4, -0.2) is 32.8 Å². The Hall–Kier alpha value is -7.10. The van der Waals surface area contributed by atoms with Gasteiger partial charge < -0.3 is 13.4 Å². The Morgan fingerprint density at radius 2 is 1.29 bits per heavy atom. The second kappa shape index (κ2) is 17.5. The first kappa shape index (κ1) is 44.4. The van der Waals surface area contributed by atoms with Gasteiger partial charge in [0.1, 0.15) is 16.7 Å². The van der Waals surface area contributed by atoms with E-state index in [-0.39, 0.29) is 20.1 Å². The smallest absolute Gasteiger partial charge is 0.137 e. The Bertz CT molecular complexity index is 4080. The minimum Gasteiger partial charge on any atom is -0.501 e. The fourth-order valence-electron chi connectivity index (χ4n) is 9.71. The molecule has 0 aliphatic carbocycles. The molecule has 6 aromatic heterocycles. The Kier molecular flexibility index (Phi) is 11.2. The number of fused-ring (bicyclic) bond motifs is 10. The predicted octanol–water partition coefficient (Wildman–Crippen LogP) is 15.8. The van der Waals surface area contributed by atoms with E-state index in [0.717, 1.165) is 116 Å². The molecular formula is C60H46GeIrN4O3-2. The molecule has 0 atom stereocenters. The van der Waals surface area contributed by atoms with E-state index in [1.807, 2.05) is 79.7 Å². The molecule has 69 heavy (non-hydrogen) atoms. The zero-order valence-electron chi connectivity index (χ0n) is 39.0. The van der Waals surface area contributed by atoms with E-state index in [9.17, 15) is 0 Å². The van der Waals surface area contributed by atoms with Gasteiger partial charge >= 0.3 is 163 Å². The van der Waals surface area contributed by atoms with Gasteiger partial charge in [0.15, 0.2) is 0 Å². The molecule has 0 N–H and O–H groups in total. The van der Waals surface area contributed by atoms with Gasteiger partial charge in [0.25, 0.3) is 0 Å². The summed E-state index contributed by atoms with van der Waals surface area (Å²) in [5.41, 5.74) is 15.0. The van der Waals surface area contributed by atoms with Crippen molar-refractivity contribution in [1.82, 2.24) is 19.5 Å². The number of para-hydroxylation sites is 3. The van der Waals surface area contributed by atoms with Gasteiger partial charge in [0.2, 0.25) is 0 Å². The summed E-state index contributed by atoms with van der Waals surface area (Å²) in [7, 11) is 0. The van der Waals surface area contributed by atoms with Gasteiger partial charge in [-0.15, -0.1) is 18.2 Å². The second-order valence-corrected chi connectivity index (χ2v) is 29.4. The first-order chi connectivity index (χ1) is 33.1. The minimum atomic E-state index is -1.99. The van der Waals surface area contributed by atoms with Gasteiger partial charge in [0.05, 0.1) is 33.5 Å². The van der Waals surface area contributed by atoms with Gasteiger partial charge in [-0.1, -0.05) is 89.8 Å². The van der Waals surface area contributed by atoms with Gasteiger partial charge in [-0.3, -0.25) is 4.98 Å². The maximum Gasteiger partial charge on any atom is 0.137 e. The molecule has 0 amide bonds. The number of nitrogens with zero attached hydrogens (tertiary/aromatic N) is 4. The van der Waals surface area contributed by atoms with E-state index in [2.05, 4.69) is 144 Å². The van der Waals surface area contributed by atoms with Crippen LogP contribution in [0.2, 0.25) is 17.3 Å². The van der Waals surface area contributed by atoms with Crippen LogP contribution in [0.15, 0.2) is 177 Å². The fraction of sp³-hybridized carbons (Fsp3) is 0.117. The van der Waals surface area contributed by atoms with E-state index in [1.165, 1.54) is 9.96 Å². The maximum absolute atomic E-state index is 6.63. The van der Waals surface area contributed by atoms with Crippen LogP contribution >= 0.6 is 0 Å². The van der Waals surface area contributed by atoms with Crippen molar-refractivity contribution in [3.8, 4) is 39.5 Å². The summed E-state index contributed by atoms with van der Waals surface area (Å²) < 4.78 is 22.7. The van der Waals surface area contributed by atoms with Gasteiger partial charge in [-0.25, -0.2) is 0 Å². The van der Waals surface area contributed by atoms with Crippen molar-refractivity contribution < 1.29 is 33.4 Å². The third-order valence-electron chi connectivity index (χ3n) is 13.0. The first-order valence-electron chi connectivity index (χ1n) is 23.1. The van der Waals surface area contributed by atoms with Crippen molar-refractivity contribution in [2.75, 3.05) is 0 Å². The van der Waals surface area contributed by atoms with Gasteiger partial charge in [0, 0.05) is 30.9 Å². The molecular weight excluding hydrogens is 1090 g/mol. The molecule has 0 fully saturated rings. The van der Waals surface area contributed by atoms with Crippen molar-refractivity contribution in [1.29, 1.82) is 0 Å². The molecule has 0 spiro atoms. The predicted molar refractivity (Wildman–Crippen MR) is 281 cm³/mol. The van der Waals surface area contributed by atoms with E-state index in [4.69, 9.17) is 23.2 Å². The maximum atomic E-state index is 6.63. The number of aryl methyl sites for hydroxylation is 1. The van der Waals surface area contributed by atoms with Crippen LogP contribution < -0.4 is 4.40 Å². The van der Waals surface area contributed by atoms with Crippen LogP contribution in [0.3, 0.4) is 0 Å². The Balaban J connectivity index is 0.000000162. The average molecular weight is 1140 g/mol. The summed E-state index contributed by atoms with van der Waals surface area (Å²) in [5, 5.41) is 6.34. The summed E-state index contributed by atoms with van der Waals surface area (Å²) in [5.74, 6) is 8.50. The van der Waals surface area contributed by atoms with Crippen LogP contribution in [0, 0.1) is 19.1 Å². The van der Waals surface area contributed by atoms with Crippen molar-refractivity contribution in [3.05, 3.63) is 187 Å². The zero-order chi connectivity index (χ0) is 46.3. The monoisotopic (exact) mass is 1140 g/mol. The number of hydrogen-bond donors (Lipinski definition) is 0. The molecule has 0 aliphatic rings. The number of imidazole rings is 1. The molecule has 1 radical (unpaired) electrons. The summed E-state index contributed by atoms with van der Waals surface area (Å²) >= 11 is -1.99. The second-order valence-electron chi connectivity index (χ2n) is 18.8. The van der Waals surface area contributed by atoms with E-state index < -0.39 is 13.3 Å². The molecule has 0 saturated carbocycles. The number of pyridine rings is 2. The Labute approximate surface area is 415 Å². The quantitative estimate of drug-likeness (QED) is 0.122. The summed E-state index contributed by atoms with van der Waals surface area (Å²) in [4.78, 5) is 14.5. The summed E-state index contributed by atoms with van der Waals surface area (Å²) in [6, 6.07) is 60.6. The first-order valence-corrected chi connectivity index (χ1v) is 30.5. The Morgan fingerprint density at radius 3 is 2.10 bits per heavy atom. The fourth-order valence-corrected chi connectivity index (χ4v) is 13.2. The number of furan rings is 3. The number of rotatable bonds is 6. The molecule has 7 aromatic carbocycles. The third kappa shape index (κ3) is 7.68. The molecule has 339 valence electrons. The molecule has 0 bridgehead atoms. The molecule has 9 heteroatoms. The van der Waals surface area contributed by atoms with Crippen LogP contribution in [0.4, 0.5) is 0 Å². The molecule has 0 unspecified atom stereocenters. The summed E-state index contributed by atoms with van der Waals surface area (Å²) in [6.45, 7) is 6.50. The SMILES string of the molecule is Cc1ccc2c(n1)oc1c(-c3cc(C(C)C)[c]([Ge]([CH3])([CH3])[CH3])cn3)[c-]ccc12.[Ir].[c-]1ccc2c(oc3cc(-c4ccccc4)ccc32)c1-c1nc2ccccc2n1-c1cccc2oc3ccccc3c12. The van der Waals surface area contributed by atoms with Crippen molar-refractivity contribution in [2.24, 2.45) is 0 Å². The van der Waals surface area contributed by atoms with Crippen molar-refractivity contribution in [3.63, 3.8) is 0 Å². The largest absolute Gasteiger partial charge is 0.501 e. The van der Waals surface area contributed by atoms with E-state index >= 15 is 0 Å². The van der Waals surface area contributed by atoms with Crippen LogP contribution in [-0.2, 0) is 20.1 Å². The van der Waals surface area contributed by atoms with Gasteiger partial charge in [-0.2, -0.15) is 0 Å². The minimum absolute atomic E-state index is 0. The number of aromatic nitrogens is 4. The van der Waals surface area contributed by atoms with Crippen LogP contribution in [0.25, 0.3) is 116 Å². The van der Waals surface area contributed by atoms with Crippen LogP contribution in [0.5, 0.6) is 0 Å². The number of benzene rings is 7. The Morgan fingerprint density at radius 1 is 0.580 bits per heavy atom. The summed E-state index contributed by atoms with van der Waals surface area (Å²) in [6.07, 6.45) is 2.10. The third-order valence-corrected chi connectivity index (χ3v) is 17.3. The molecule has 7 nitrogen and oxygen atoms in total. The van der Waals surface area contributed by atoms with E-state index in [1.54, 1.807) is 0 Å². The topological polar surface area (TPSA) is 83.0 Å². The molecule has 0 saturated heterocycles. The van der Waals surface area contributed by atoms with Crippen molar-refractivity contribution in [2.45, 2.75) is 44.0 Å². The van der Waals surface area contributed by atoms with Crippen LogP contribution in [0.1, 0.15) is 31.0 Å². The van der Waals surface area contributed by atoms with Crippen molar-refractivity contribution >= 4 is 94.6 Å². The average Bonchev–Trinajstić information content (AvgIpc) is 4.13. The normalized spacial score (nSPS) is 11.9. The molecule has 6 heterocycles. The molecule has 13 aromatic rings. The molecule has 13 rings (SSSR count). The molecule has 0 aliphatic heterocycles. The zero-order valence-corrected chi connectivity index (χ0v) is 43.5. The standard InChI is InChI=1S/C37H21N2O2.C23H25GeN2O.Ir/c1-2-10-23(11-3-1)24-20-21-25-26-13-8-14-28(36(26)41-34(25)22-24)37-38-29-15-5-6-16-30(29)39(37)31-17-9-19-33-35(31)27-12-4-7-18-32(27)40-33;1-14(2)19-12-21(25-13-20(19)24(4,5)6)18-9-7-8-16-17-11-10-15(3)26-23(17)27-22(16)18;/h1-13,15-22H;7-8,10-14H,1-6H3;/q2*-1;.